The lowest BCUT2D eigenvalue weighted by molar-refractivity contribution is -0.113. The Labute approximate surface area is 134 Å². The van der Waals surface area contributed by atoms with Gasteiger partial charge >= 0.3 is 5.97 Å². The molecule has 22 heavy (non-hydrogen) atoms. The van der Waals surface area contributed by atoms with E-state index in [4.69, 9.17) is 16.7 Å². The average molecular weight is 341 g/mol. The van der Waals surface area contributed by atoms with Crippen LogP contribution in [0.1, 0.15) is 10.4 Å². The number of anilines is 1. The predicted molar refractivity (Wildman–Crippen MR) is 82.0 cm³/mol. The molecule has 2 rings (SSSR count). The summed E-state index contributed by atoms with van der Waals surface area (Å²) in [5.74, 6) is -2.17. The van der Waals surface area contributed by atoms with Crippen molar-refractivity contribution in [3.05, 3.63) is 52.9 Å². The van der Waals surface area contributed by atoms with Crippen LogP contribution in [0, 0.1) is 5.82 Å². The van der Waals surface area contributed by atoms with Crippen molar-refractivity contribution in [2.24, 2.45) is 0 Å². The van der Waals surface area contributed by atoms with Crippen molar-refractivity contribution in [3.8, 4) is 0 Å². The first-order chi connectivity index (χ1) is 10.5. The van der Waals surface area contributed by atoms with Crippen LogP contribution in [0.2, 0.25) is 5.02 Å². The molecule has 2 aromatic rings. The quantitative estimate of drug-likeness (QED) is 0.816. The molecule has 0 atom stereocenters. The number of carbonyl (C=O) groups is 2. The fourth-order valence-electron chi connectivity index (χ4n) is 1.58. The molecular weight excluding hydrogens is 331 g/mol. The first-order valence-corrected chi connectivity index (χ1v) is 7.39. The number of aromatic carboxylic acids is 1. The Morgan fingerprint density at radius 3 is 2.86 bits per heavy atom. The van der Waals surface area contributed by atoms with E-state index in [2.05, 4.69) is 10.3 Å². The van der Waals surface area contributed by atoms with Crippen molar-refractivity contribution in [1.29, 1.82) is 0 Å². The molecule has 0 saturated heterocycles. The monoisotopic (exact) mass is 340 g/mol. The van der Waals surface area contributed by atoms with Gasteiger partial charge in [0.05, 0.1) is 22.0 Å². The lowest BCUT2D eigenvalue weighted by Crippen LogP contribution is -2.15. The number of nitrogens with one attached hydrogen (secondary N) is 1. The van der Waals surface area contributed by atoms with E-state index in [0.29, 0.717) is 0 Å². The average Bonchev–Trinajstić information content (AvgIpc) is 2.49. The highest BCUT2D eigenvalue weighted by Crippen LogP contribution is 2.24. The molecule has 0 unspecified atom stereocenters. The van der Waals surface area contributed by atoms with Gasteiger partial charge in [0.1, 0.15) is 10.8 Å². The number of halogens is 2. The largest absolute Gasteiger partial charge is 0.478 e. The number of pyridine rings is 1. The maximum absolute atomic E-state index is 13.1. The van der Waals surface area contributed by atoms with E-state index < -0.39 is 17.7 Å². The van der Waals surface area contributed by atoms with E-state index >= 15 is 0 Å². The highest BCUT2D eigenvalue weighted by Gasteiger charge is 2.13. The zero-order valence-electron chi connectivity index (χ0n) is 11.0. The molecule has 0 spiro atoms. The first kappa shape index (κ1) is 16.3. The number of nitrogens with zero attached hydrogens (tertiary/aromatic N) is 1. The highest BCUT2D eigenvalue weighted by atomic mass is 35.5. The van der Waals surface area contributed by atoms with E-state index in [0.717, 1.165) is 17.8 Å². The van der Waals surface area contributed by atoms with Crippen molar-refractivity contribution < 1.29 is 19.1 Å². The molecule has 0 aliphatic heterocycles. The topological polar surface area (TPSA) is 79.3 Å². The summed E-state index contributed by atoms with van der Waals surface area (Å²) in [6.07, 6.45) is 1.44. The molecule has 1 heterocycles. The molecule has 0 aliphatic rings. The lowest BCUT2D eigenvalue weighted by atomic mass is 10.3. The third kappa shape index (κ3) is 4.19. The van der Waals surface area contributed by atoms with Crippen molar-refractivity contribution >= 4 is 40.9 Å². The molecule has 1 aromatic carbocycles. The molecule has 114 valence electrons. The van der Waals surface area contributed by atoms with Gasteiger partial charge in [-0.3, -0.25) is 4.79 Å². The molecular formula is C14H10ClFN2O3S. The first-order valence-electron chi connectivity index (χ1n) is 6.03. The summed E-state index contributed by atoms with van der Waals surface area (Å²) in [4.78, 5) is 26.8. The van der Waals surface area contributed by atoms with E-state index in [1.54, 1.807) is 0 Å². The van der Waals surface area contributed by atoms with Crippen LogP contribution in [0.5, 0.6) is 0 Å². The summed E-state index contributed by atoms with van der Waals surface area (Å²) in [6, 6.07) is 6.52. The third-order valence-corrected chi connectivity index (χ3v) is 3.88. The van der Waals surface area contributed by atoms with Crippen LogP contribution in [-0.2, 0) is 4.79 Å². The number of carboxylic acids is 1. The van der Waals surface area contributed by atoms with Crippen LogP contribution in [-0.4, -0.2) is 27.7 Å². The van der Waals surface area contributed by atoms with Crippen LogP contribution < -0.4 is 5.32 Å². The SMILES string of the molecule is O=C(CSc1ncccc1C(=O)O)Nc1cc(F)ccc1Cl. The molecule has 0 bridgehead atoms. The number of hydrogen-bond acceptors (Lipinski definition) is 4. The Kier molecular flexibility index (Phi) is 5.35. The maximum atomic E-state index is 13.1. The minimum absolute atomic E-state index is 0.0177. The van der Waals surface area contributed by atoms with E-state index in [9.17, 15) is 14.0 Å². The molecule has 8 heteroatoms. The Morgan fingerprint density at radius 1 is 1.36 bits per heavy atom. The second-order valence-corrected chi connectivity index (χ2v) is 5.49. The van der Waals surface area contributed by atoms with Crippen molar-refractivity contribution in [2.75, 3.05) is 11.1 Å². The Bertz CT molecular complexity index is 727. The Balaban J connectivity index is 2.02. The van der Waals surface area contributed by atoms with Crippen molar-refractivity contribution in [1.82, 2.24) is 4.98 Å². The van der Waals surface area contributed by atoms with Gasteiger partial charge in [0.15, 0.2) is 0 Å². The Hall–Kier alpha value is -2.12. The van der Waals surface area contributed by atoms with Gasteiger partial charge in [-0.25, -0.2) is 14.2 Å². The van der Waals surface area contributed by atoms with E-state index in [1.807, 2.05) is 0 Å². The second-order valence-electron chi connectivity index (χ2n) is 4.12. The smallest absolute Gasteiger partial charge is 0.338 e. The summed E-state index contributed by atoms with van der Waals surface area (Å²) >= 11 is 6.82. The van der Waals surface area contributed by atoms with Gasteiger partial charge in [0.2, 0.25) is 5.91 Å². The number of amides is 1. The predicted octanol–water partition coefficient (Wildman–Crippen LogP) is 3.30. The van der Waals surface area contributed by atoms with Gasteiger partial charge in [-0.1, -0.05) is 23.4 Å². The minimum atomic E-state index is -1.12. The van der Waals surface area contributed by atoms with Crippen LogP contribution in [0.25, 0.3) is 0 Å². The molecule has 0 aliphatic carbocycles. The minimum Gasteiger partial charge on any atom is -0.478 e. The normalized spacial score (nSPS) is 10.3. The maximum Gasteiger partial charge on any atom is 0.338 e. The summed E-state index contributed by atoms with van der Waals surface area (Å²) < 4.78 is 13.1. The zero-order valence-corrected chi connectivity index (χ0v) is 12.6. The standard InChI is InChI=1S/C14H10ClFN2O3S/c15-10-4-3-8(16)6-11(10)18-12(19)7-22-13-9(14(20)21)2-1-5-17-13/h1-6H,7H2,(H,18,19)(H,20,21). The lowest BCUT2D eigenvalue weighted by Gasteiger charge is -2.08. The number of hydrogen-bond donors (Lipinski definition) is 2. The molecule has 1 aromatic heterocycles. The third-order valence-electron chi connectivity index (χ3n) is 2.54. The van der Waals surface area contributed by atoms with Gasteiger partial charge in [0.25, 0.3) is 0 Å². The fourth-order valence-corrected chi connectivity index (χ4v) is 2.53. The number of benzene rings is 1. The van der Waals surface area contributed by atoms with Gasteiger partial charge in [-0.15, -0.1) is 0 Å². The van der Waals surface area contributed by atoms with Crippen LogP contribution in [0.4, 0.5) is 10.1 Å². The van der Waals surface area contributed by atoms with Crippen molar-refractivity contribution in [2.45, 2.75) is 5.03 Å². The highest BCUT2D eigenvalue weighted by molar-refractivity contribution is 8.00. The number of thioether (sulfide) groups is 1. The molecule has 1 amide bonds. The zero-order chi connectivity index (χ0) is 16.1. The molecule has 0 saturated carbocycles. The Morgan fingerprint density at radius 2 is 2.14 bits per heavy atom. The van der Waals surface area contributed by atoms with Gasteiger partial charge in [-0.05, 0) is 30.3 Å². The second kappa shape index (κ2) is 7.24. The van der Waals surface area contributed by atoms with Crippen molar-refractivity contribution in [3.63, 3.8) is 0 Å². The van der Waals surface area contributed by atoms with E-state index in [-0.39, 0.29) is 27.1 Å². The van der Waals surface area contributed by atoms with Gasteiger partial charge in [-0.2, -0.15) is 0 Å². The van der Waals surface area contributed by atoms with Crippen LogP contribution >= 0.6 is 23.4 Å². The fraction of sp³-hybridized carbons (Fsp3) is 0.0714. The van der Waals surface area contributed by atoms with Gasteiger partial charge < -0.3 is 10.4 Å². The molecule has 2 N–H and O–H groups in total. The number of rotatable bonds is 5. The molecule has 5 nitrogen and oxygen atoms in total. The summed E-state index contributed by atoms with van der Waals surface area (Å²) in [6.45, 7) is 0. The number of aromatic nitrogens is 1. The molecule has 0 fully saturated rings. The van der Waals surface area contributed by atoms with Crippen LogP contribution in [0.15, 0.2) is 41.6 Å². The summed E-state index contributed by atoms with van der Waals surface area (Å²) in [7, 11) is 0. The number of carbonyl (C=O) groups excluding carboxylic acids is 1. The van der Waals surface area contributed by atoms with Crippen LogP contribution in [0.3, 0.4) is 0 Å². The molecule has 0 radical (unpaired) electrons. The van der Waals surface area contributed by atoms with Gasteiger partial charge in [0, 0.05) is 6.20 Å². The summed E-state index contributed by atoms with van der Waals surface area (Å²) in [5, 5.41) is 11.9. The number of carboxylic acid groups (broad SMARTS) is 1. The van der Waals surface area contributed by atoms with E-state index in [1.165, 1.54) is 30.5 Å². The summed E-state index contributed by atoms with van der Waals surface area (Å²) in [5.41, 5.74) is 0.177.